The van der Waals surface area contributed by atoms with Gasteiger partial charge in [0.1, 0.15) is 18.5 Å². The van der Waals surface area contributed by atoms with Crippen molar-refractivity contribution in [1.82, 2.24) is 19.5 Å². The minimum atomic E-state index is -0.546. The van der Waals surface area contributed by atoms with Crippen LogP contribution in [0, 0.1) is 0 Å². The molecule has 0 amide bonds. The Kier molecular flexibility index (Phi) is 5.36. The minimum absolute atomic E-state index is 0.181. The third-order valence-electron chi connectivity index (χ3n) is 5.22. The number of benzene rings is 1. The lowest BCUT2D eigenvalue weighted by Gasteiger charge is -2.25. The second-order valence-corrected chi connectivity index (χ2v) is 7.10. The standard InChI is InChI=1S/C21H26N4O2/c1-2-16-8-10-18(11-9-16)27-15-17(26)14-24-12-5-6-19(24)21-23-22-20-7-3-4-13-25(20)21/h3-4,7-11,13,17,19,26H,2,5-6,12,14-15H2,1H3. The van der Waals surface area contributed by atoms with Crippen molar-refractivity contribution in [3.8, 4) is 5.75 Å². The maximum absolute atomic E-state index is 10.5. The van der Waals surface area contributed by atoms with Gasteiger partial charge in [0.05, 0.1) is 6.04 Å². The van der Waals surface area contributed by atoms with E-state index >= 15 is 0 Å². The highest BCUT2D eigenvalue weighted by atomic mass is 16.5. The van der Waals surface area contributed by atoms with Crippen molar-refractivity contribution in [1.29, 1.82) is 0 Å². The Balaban J connectivity index is 1.37. The number of aromatic nitrogens is 3. The van der Waals surface area contributed by atoms with Gasteiger partial charge in [0, 0.05) is 12.7 Å². The van der Waals surface area contributed by atoms with Crippen molar-refractivity contribution in [2.45, 2.75) is 38.3 Å². The Morgan fingerprint density at radius 2 is 2.04 bits per heavy atom. The van der Waals surface area contributed by atoms with Gasteiger partial charge in [0.2, 0.25) is 0 Å². The number of β-amino-alcohol motifs (C(OH)–C–C–N with tert-alkyl or cyclic N) is 1. The summed E-state index contributed by atoms with van der Waals surface area (Å²) in [5, 5.41) is 19.2. The monoisotopic (exact) mass is 366 g/mol. The normalized spacial score (nSPS) is 18.8. The van der Waals surface area contributed by atoms with Crippen LogP contribution in [0.25, 0.3) is 5.65 Å². The second-order valence-electron chi connectivity index (χ2n) is 7.10. The number of aliphatic hydroxyl groups excluding tert-OH is 1. The highest BCUT2D eigenvalue weighted by Crippen LogP contribution is 2.31. The number of hydrogen-bond donors (Lipinski definition) is 1. The number of ether oxygens (including phenoxy) is 1. The number of rotatable bonds is 7. The summed E-state index contributed by atoms with van der Waals surface area (Å²) in [5.41, 5.74) is 2.14. The number of fused-ring (bicyclic) bond motifs is 1. The van der Waals surface area contributed by atoms with Gasteiger partial charge in [-0.1, -0.05) is 25.1 Å². The lowest BCUT2D eigenvalue weighted by molar-refractivity contribution is 0.0625. The van der Waals surface area contributed by atoms with Crippen LogP contribution in [0.1, 0.15) is 37.2 Å². The molecule has 1 saturated heterocycles. The summed E-state index contributed by atoms with van der Waals surface area (Å²) >= 11 is 0. The van der Waals surface area contributed by atoms with Crippen LogP contribution in [0.3, 0.4) is 0 Å². The van der Waals surface area contributed by atoms with Crippen LogP contribution >= 0.6 is 0 Å². The molecule has 142 valence electrons. The van der Waals surface area contributed by atoms with Crippen molar-refractivity contribution >= 4 is 5.65 Å². The van der Waals surface area contributed by atoms with E-state index in [9.17, 15) is 5.11 Å². The molecule has 1 aromatic carbocycles. The van der Waals surface area contributed by atoms with E-state index < -0.39 is 6.10 Å². The van der Waals surface area contributed by atoms with Crippen LogP contribution in [0.15, 0.2) is 48.7 Å². The molecule has 1 aliphatic rings. The fraction of sp³-hybridized carbons (Fsp3) is 0.429. The molecule has 3 aromatic rings. The molecule has 0 saturated carbocycles. The van der Waals surface area contributed by atoms with Crippen molar-refractivity contribution in [2.75, 3.05) is 19.7 Å². The van der Waals surface area contributed by atoms with Gasteiger partial charge >= 0.3 is 0 Å². The molecule has 4 rings (SSSR count). The molecular weight excluding hydrogens is 340 g/mol. The molecule has 0 spiro atoms. The van der Waals surface area contributed by atoms with E-state index in [1.807, 2.05) is 40.9 Å². The molecular formula is C21H26N4O2. The second kappa shape index (κ2) is 8.06. The summed E-state index contributed by atoms with van der Waals surface area (Å²) in [5.74, 6) is 1.75. The highest BCUT2D eigenvalue weighted by molar-refractivity contribution is 5.37. The van der Waals surface area contributed by atoms with Crippen molar-refractivity contribution in [3.63, 3.8) is 0 Å². The van der Waals surface area contributed by atoms with Crippen LogP contribution in [-0.4, -0.2) is 50.4 Å². The summed E-state index contributed by atoms with van der Waals surface area (Å²) in [6.45, 7) is 3.94. The zero-order valence-corrected chi connectivity index (χ0v) is 15.7. The average molecular weight is 366 g/mol. The zero-order chi connectivity index (χ0) is 18.6. The van der Waals surface area contributed by atoms with Gasteiger partial charge in [0.25, 0.3) is 0 Å². The molecule has 6 nitrogen and oxygen atoms in total. The van der Waals surface area contributed by atoms with E-state index in [1.165, 1.54) is 5.56 Å². The Morgan fingerprint density at radius 3 is 2.85 bits per heavy atom. The van der Waals surface area contributed by atoms with E-state index in [0.717, 1.165) is 43.0 Å². The van der Waals surface area contributed by atoms with Crippen LogP contribution in [0.2, 0.25) is 0 Å². The van der Waals surface area contributed by atoms with Gasteiger partial charge in [-0.05, 0) is 55.6 Å². The van der Waals surface area contributed by atoms with E-state index in [4.69, 9.17) is 4.74 Å². The molecule has 3 heterocycles. The fourth-order valence-corrected chi connectivity index (χ4v) is 3.76. The predicted octanol–water partition coefficient (Wildman–Crippen LogP) is 2.87. The summed E-state index contributed by atoms with van der Waals surface area (Å²) in [6, 6.07) is 14.2. The van der Waals surface area contributed by atoms with Gasteiger partial charge in [-0.15, -0.1) is 10.2 Å². The molecule has 27 heavy (non-hydrogen) atoms. The Labute approximate surface area is 159 Å². The first kappa shape index (κ1) is 17.9. The number of pyridine rings is 1. The van der Waals surface area contributed by atoms with Gasteiger partial charge in [-0.25, -0.2) is 0 Å². The molecule has 0 bridgehead atoms. The molecule has 0 aliphatic carbocycles. The Bertz CT molecular complexity index is 877. The number of hydrogen-bond acceptors (Lipinski definition) is 5. The molecule has 2 aromatic heterocycles. The quantitative estimate of drug-likeness (QED) is 0.697. The fourth-order valence-electron chi connectivity index (χ4n) is 3.76. The number of likely N-dealkylation sites (tertiary alicyclic amines) is 1. The topological polar surface area (TPSA) is 62.9 Å². The summed E-state index contributed by atoms with van der Waals surface area (Å²) in [7, 11) is 0. The van der Waals surface area contributed by atoms with E-state index in [0.29, 0.717) is 6.54 Å². The zero-order valence-electron chi connectivity index (χ0n) is 15.7. The third-order valence-corrected chi connectivity index (χ3v) is 5.22. The Morgan fingerprint density at radius 1 is 1.19 bits per heavy atom. The van der Waals surface area contributed by atoms with E-state index in [2.05, 4.69) is 34.2 Å². The first-order chi connectivity index (χ1) is 13.2. The first-order valence-electron chi connectivity index (χ1n) is 9.68. The number of aryl methyl sites for hydroxylation is 1. The van der Waals surface area contributed by atoms with Crippen LogP contribution in [0.5, 0.6) is 5.75 Å². The summed E-state index contributed by atoms with van der Waals surface area (Å²) < 4.78 is 7.81. The summed E-state index contributed by atoms with van der Waals surface area (Å²) in [6.07, 6.45) is 4.59. The van der Waals surface area contributed by atoms with Gasteiger partial charge < -0.3 is 9.84 Å². The highest BCUT2D eigenvalue weighted by Gasteiger charge is 2.31. The minimum Gasteiger partial charge on any atom is -0.491 e. The van der Waals surface area contributed by atoms with Crippen LogP contribution in [-0.2, 0) is 6.42 Å². The van der Waals surface area contributed by atoms with Crippen LogP contribution < -0.4 is 4.74 Å². The molecule has 6 heteroatoms. The van der Waals surface area contributed by atoms with E-state index in [1.54, 1.807) is 0 Å². The van der Waals surface area contributed by atoms with Crippen molar-refractivity contribution < 1.29 is 9.84 Å². The van der Waals surface area contributed by atoms with Gasteiger partial charge in [-0.2, -0.15) is 0 Å². The number of nitrogens with zero attached hydrogens (tertiary/aromatic N) is 4. The maximum atomic E-state index is 10.5. The molecule has 0 radical (unpaired) electrons. The largest absolute Gasteiger partial charge is 0.491 e. The SMILES string of the molecule is CCc1ccc(OCC(O)CN2CCCC2c2nnc3ccccn23)cc1. The predicted molar refractivity (Wildman–Crippen MR) is 104 cm³/mol. The molecule has 2 atom stereocenters. The van der Waals surface area contributed by atoms with Gasteiger partial charge in [0.15, 0.2) is 11.5 Å². The van der Waals surface area contributed by atoms with Crippen molar-refractivity contribution in [3.05, 3.63) is 60.0 Å². The Hall–Kier alpha value is -2.44. The molecule has 2 unspecified atom stereocenters. The molecule has 1 N–H and O–H groups in total. The molecule has 1 aliphatic heterocycles. The molecule has 1 fully saturated rings. The van der Waals surface area contributed by atoms with Crippen LogP contribution in [0.4, 0.5) is 0 Å². The lowest BCUT2D eigenvalue weighted by atomic mass is 10.2. The van der Waals surface area contributed by atoms with E-state index in [-0.39, 0.29) is 12.6 Å². The smallest absolute Gasteiger partial charge is 0.160 e. The van der Waals surface area contributed by atoms with Crippen molar-refractivity contribution in [2.24, 2.45) is 0 Å². The average Bonchev–Trinajstić information content (AvgIpc) is 3.33. The maximum Gasteiger partial charge on any atom is 0.160 e. The summed E-state index contributed by atoms with van der Waals surface area (Å²) in [4.78, 5) is 2.29. The lowest BCUT2D eigenvalue weighted by Crippen LogP contribution is -2.35. The first-order valence-corrected chi connectivity index (χ1v) is 9.68. The third kappa shape index (κ3) is 3.96. The number of aliphatic hydroxyl groups is 1. The van der Waals surface area contributed by atoms with Gasteiger partial charge in [-0.3, -0.25) is 9.30 Å².